The number of hydrogen-bond donors (Lipinski definition) is 3. The maximum absolute atomic E-state index is 14.0. The van der Waals surface area contributed by atoms with Crippen LogP contribution in [0.3, 0.4) is 0 Å². The monoisotopic (exact) mass is 509 g/mol. The molecule has 0 spiro atoms. The summed E-state index contributed by atoms with van der Waals surface area (Å²) < 4.78 is 19.8. The molecule has 3 N–H and O–H groups in total. The van der Waals surface area contributed by atoms with Gasteiger partial charge in [-0.3, -0.25) is 9.59 Å². The van der Waals surface area contributed by atoms with E-state index in [9.17, 15) is 19.1 Å². The Balaban J connectivity index is 1.36. The molecule has 1 saturated carbocycles. The molecule has 188 valence electrons. The normalized spacial score (nSPS) is 17.3. The van der Waals surface area contributed by atoms with Gasteiger partial charge in [0.2, 0.25) is 5.88 Å². The van der Waals surface area contributed by atoms with E-state index in [1.54, 1.807) is 43.0 Å². The quantitative estimate of drug-likeness (QED) is 0.378. The fourth-order valence-corrected chi connectivity index (χ4v) is 4.65. The van der Waals surface area contributed by atoms with Crippen molar-refractivity contribution in [1.29, 1.82) is 0 Å². The Morgan fingerprint density at radius 2 is 1.64 bits per heavy atom. The first-order valence-corrected chi connectivity index (χ1v) is 12.9. The molecule has 0 atom stereocenters. The number of aromatic nitrogens is 1. The van der Waals surface area contributed by atoms with Crippen LogP contribution in [0.25, 0.3) is 0 Å². The molecule has 36 heavy (non-hydrogen) atoms. The smallest absolute Gasteiger partial charge is 0.257 e. The highest BCUT2D eigenvalue weighted by molar-refractivity contribution is 7.98. The molecule has 0 aliphatic heterocycles. The zero-order valence-corrected chi connectivity index (χ0v) is 20.9. The highest BCUT2D eigenvalue weighted by Crippen LogP contribution is 2.28. The van der Waals surface area contributed by atoms with Gasteiger partial charge < -0.3 is 20.5 Å². The van der Waals surface area contributed by atoms with Crippen molar-refractivity contribution >= 4 is 23.6 Å². The number of carbonyl (C=O) groups excluding carboxylic acids is 2. The highest BCUT2D eigenvalue weighted by atomic mass is 32.2. The zero-order valence-electron chi connectivity index (χ0n) is 20.1. The van der Waals surface area contributed by atoms with E-state index < -0.39 is 11.7 Å². The van der Waals surface area contributed by atoms with Gasteiger partial charge in [-0.25, -0.2) is 9.37 Å². The van der Waals surface area contributed by atoms with Crippen LogP contribution in [0.2, 0.25) is 0 Å². The van der Waals surface area contributed by atoms with Gasteiger partial charge in [0.1, 0.15) is 22.9 Å². The predicted molar refractivity (Wildman–Crippen MR) is 136 cm³/mol. The molecule has 0 saturated heterocycles. The number of nitrogens with one attached hydrogen (secondary N) is 2. The molecule has 0 bridgehead atoms. The molecule has 0 radical (unpaired) electrons. The van der Waals surface area contributed by atoms with Gasteiger partial charge >= 0.3 is 0 Å². The van der Waals surface area contributed by atoms with Crippen LogP contribution in [0.5, 0.6) is 17.4 Å². The number of phenols is 1. The summed E-state index contributed by atoms with van der Waals surface area (Å²) in [7, 11) is 0. The van der Waals surface area contributed by atoms with Gasteiger partial charge in [-0.2, -0.15) is 0 Å². The fourth-order valence-electron chi connectivity index (χ4n) is 4.20. The Bertz CT molecular complexity index is 1260. The topological polar surface area (TPSA) is 101 Å². The second kappa shape index (κ2) is 11.4. The molecular weight excluding hydrogens is 481 g/mol. The third kappa shape index (κ3) is 6.15. The maximum Gasteiger partial charge on any atom is 0.257 e. The number of hydrogen-bond acceptors (Lipinski definition) is 6. The van der Waals surface area contributed by atoms with E-state index in [4.69, 9.17) is 4.74 Å². The van der Waals surface area contributed by atoms with Gasteiger partial charge in [0.15, 0.2) is 0 Å². The fraction of sp³-hybridized carbons (Fsp3) is 0.296. The van der Waals surface area contributed by atoms with Crippen LogP contribution in [0, 0.1) is 12.7 Å². The van der Waals surface area contributed by atoms with Crippen LogP contribution in [-0.4, -0.2) is 40.2 Å². The van der Waals surface area contributed by atoms with Gasteiger partial charge in [-0.05, 0) is 74.8 Å². The number of benzene rings is 2. The van der Waals surface area contributed by atoms with Crippen LogP contribution >= 0.6 is 11.8 Å². The number of ether oxygens (including phenoxy) is 1. The highest BCUT2D eigenvalue weighted by Gasteiger charge is 2.26. The Morgan fingerprint density at radius 1 is 1.00 bits per heavy atom. The summed E-state index contributed by atoms with van der Waals surface area (Å²) >= 11 is 1.56. The van der Waals surface area contributed by atoms with Gasteiger partial charge in [0, 0.05) is 17.0 Å². The SMILES string of the molecule is CSc1cccc(Oc2ncc(F)cc2C(=O)NC2CCC(NC(=O)c3cccc(C)c3O)CC2)c1. The Hall–Kier alpha value is -3.59. The number of phenolic OH excluding ortho intramolecular Hbond substituents is 1. The minimum Gasteiger partial charge on any atom is -0.507 e. The van der Waals surface area contributed by atoms with E-state index in [-0.39, 0.29) is 40.7 Å². The molecule has 1 aliphatic rings. The number of aromatic hydroxyl groups is 1. The lowest BCUT2D eigenvalue weighted by Gasteiger charge is -2.30. The lowest BCUT2D eigenvalue weighted by atomic mass is 9.90. The minimum atomic E-state index is -0.629. The van der Waals surface area contributed by atoms with E-state index in [0.29, 0.717) is 37.0 Å². The maximum atomic E-state index is 14.0. The largest absolute Gasteiger partial charge is 0.507 e. The summed E-state index contributed by atoms with van der Waals surface area (Å²) in [5.74, 6) is -0.886. The van der Waals surface area contributed by atoms with Gasteiger partial charge in [0.05, 0.1) is 11.8 Å². The van der Waals surface area contributed by atoms with Gasteiger partial charge in [-0.15, -0.1) is 11.8 Å². The molecule has 1 heterocycles. The van der Waals surface area contributed by atoms with Crippen molar-refractivity contribution in [3.8, 4) is 17.4 Å². The molecule has 4 rings (SSSR count). The van der Waals surface area contributed by atoms with Crippen LogP contribution in [0.4, 0.5) is 4.39 Å². The van der Waals surface area contributed by atoms with Crippen molar-refractivity contribution < 1.29 is 23.8 Å². The minimum absolute atomic E-state index is 0.0159. The molecule has 3 aromatic rings. The molecule has 2 amide bonds. The molecule has 9 heteroatoms. The number of amides is 2. The van der Waals surface area contributed by atoms with Crippen molar-refractivity contribution in [2.45, 2.75) is 49.6 Å². The lowest BCUT2D eigenvalue weighted by molar-refractivity contribution is 0.0888. The number of rotatable bonds is 7. The van der Waals surface area contributed by atoms with Crippen molar-refractivity contribution in [3.63, 3.8) is 0 Å². The lowest BCUT2D eigenvalue weighted by Crippen LogP contribution is -2.44. The van der Waals surface area contributed by atoms with Crippen molar-refractivity contribution in [1.82, 2.24) is 15.6 Å². The first kappa shape index (κ1) is 25.5. The summed E-state index contributed by atoms with van der Waals surface area (Å²) in [5.41, 5.74) is 0.913. The predicted octanol–water partition coefficient (Wildman–Crippen LogP) is 5.22. The van der Waals surface area contributed by atoms with Gasteiger partial charge in [0.25, 0.3) is 11.8 Å². The number of thioether (sulfide) groups is 1. The number of nitrogens with zero attached hydrogens (tertiary/aromatic N) is 1. The average molecular weight is 510 g/mol. The number of aryl methyl sites for hydroxylation is 1. The van der Waals surface area contributed by atoms with E-state index in [0.717, 1.165) is 17.2 Å². The third-order valence-corrected chi connectivity index (χ3v) is 6.92. The van der Waals surface area contributed by atoms with Crippen LogP contribution < -0.4 is 15.4 Å². The van der Waals surface area contributed by atoms with E-state index >= 15 is 0 Å². The summed E-state index contributed by atoms with van der Waals surface area (Å²) in [6.07, 6.45) is 5.58. The molecule has 2 aromatic carbocycles. The molecule has 1 aromatic heterocycles. The van der Waals surface area contributed by atoms with Crippen molar-refractivity contribution in [2.75, 3.05) is 6.26 Å². The van der Waals surface area contributed by atoms with Crippen LogP contribution in [0.1, 0.15) is 52.0 Å². The zero-order chi connectivity index (χ0) is 25.7. The summed E-state index contributed by atoms with van der Waals surface area (Å²) in [5, 5.41) is 16.1. The Morgan fingerprint density at radius 3 is 2.31 bits per heavy atom. The average Bonchev–Trinajstić information content (AvgIpc) is 2.88. The van der Waals surface area contributed by atoms with Crippen molar-refractivity contribution in [3.05, 3.63) is 77.2 Å². The van der Waals surface area contributed by atoms with E-state index in [2.05, 4.69) is 15.6 Å². The molecule has 1 fully saturated rings. The second-order valence-electron chi connectivity index (χ2n) is 8.75. The third-order valence-electron chi connectivity index (χ3n) is 6.20. The molecule has 0 unspecified atom stereocenters. The first-order valence-electron chi connectivity index (χ1n) is 11.7. The second-order valence-corrected chi connectivity index (χ2v) is 9.63. The molecule has 1 aliphatic carbocycles. The van der Waals surface area contributed by atoms with Gasteiger partial charge in [-0.1, -0.05) is 18.2 Å². The first-order chi connectivity index (χ1) is 17.3. The Kier molecular flexibility index (Phi) is 8.10. The number of pyridine rings is 1. The molecular formula is C27H28FN3O4S. The van der Waals surface area contributed by atoms with Crippen LogP contribution in [-0.2, 0) is 0 Å². The standard InChI is InChI=1S/C27H28FN3O4S/c1-16-5-3-8-22(24(16)32)25(33)30-18-9-11-19(12-10-18)31-26(34)23-13-17(28)15-29-27(23)35-20-6-4-7-21(14-20)36-2/h3-8,13-15,18-19,32H,9-12H2,1-2H3,(H,30,33)(H,31,34). The van der Waals surface area contributed by atoms with Crippen LogP contribution in [0.15, 0.2) is 59.6 Å². The molecule has 7 nitrogen and oxygen atoms in total. The summed E-state index contributed by atoms with van der Waals surface area (Å²) in [6.45, 7) is 1.74. The summed E-state index contributed by atoms with van der Waals surface area (Å²) in [6, 6.07) is 13.3. The number of para-hydroxylation sites is 1. The number of halogens is 1. The van der Waals surface area contributed by atoms with Crippen molar-refractivity contribution in [2.24, 2.45) is 0 Å². The van der Waals surface area contributed by atoms with E-state index in [1.807, 2.05) is 24.5 Å². The van der Waals surface area contributed by atoms with E-state index in [1.165, 1.54) is 0 Å². The summed E-state index contributed by atoms with van der Waals surface area (Å²) in [4.78, 5) is 30.6. The number of carbonyl (C=O) groups is 2. The Labute approximate surface area is 213 Å².